The Balaban J connectivity index is 1.91. The van der Waals surface area contributed by atoms with E-state index in [-0.39, 0.29) is 21.5 Å². The second kappa shape index (κ2) is 8.04. The summed E-state index contributed by atoms with van der Waals surface area (Å²) in [5, 5.41) is 7.89. The zero-order valence-corrected chi connectivity index (χ0v) is 17.4. The van der Waals surface area contributed by atoms with E-state index in [9.17, 15) is 13.2 Å². The van der Waals surface area contributed by atoms with E-state index in [0.717, 1.165) is 10.2 Å². The van der Waals surface area contributed by atoms with Gasteiger partial charge in [-0.15, -0.1) is 0 Å². The quantitative estimate of drug-likeness (QED) is 0.585. The van der Waals surface area contributed by atoms with Gasteiger partial charge in [-0.1, -0.05) is 30.1 Å². The molecule has 0 atom stereocenters. The van der Waals surface area contributed by atoms with E-state index >= 15 is 0 Å². The van der Waals surface area contributed by atoms with Gasteiger partial charge in [-0.3, -0.25) is 9.48 Å². The lowest BCUT2D eigenvalue weighted by Gasteiger charge is -2.20. The van der Waals surface area contributed by atoms with Crippen molar-refractivity contribution >= 4 is 33.2 Å². The van der Waals surface area contributed by atoms with Crippen LogP contribution in [0.1, 0.15) is 12.5 Å². The molecule has 11 heteroatoms. The highest BCUT2D eigenvalue weighted by Gasteiger charge is 2.24. The Labute approximate surface area is 172 Å². The van der Waals surface area contributed by atoms with Gasteiger partial charge < -0.3 is 0 Å². The first-order valence-corrected chi connectivity index (χ1v) is 10.4. The number of rotatable bonds is 6. The van der Waals surface area contributed by atoms with Crippen molar-refractivity contribution in [1.82, 2.24) is 23.9 Å². The molecule has 3 aromatic rings. The van der Waals surface area contributed by atoms with Crippen molar-refractivity contribution in [2.75, 3.05) is 6.54 Å². The van der Waals surface area contributed by atoms with Gasteiger partial charge >= 0.3 is 0 Å². The minimum Gasteiger partial charge on any atom is -0.275 e. The van der Waals surface area contributed by atoms with Gasteiger partial charge in [-0.05, 0) is 24.3 Å². The molecule has 148 valence electrons. The van der Waals surface area contributed by atoms with Crippen molar-refractivity contribution in [2.45, 2.75) is 18.4 Å². The summed E-state index contributed by atoms with van der Waals surface area (Å²) in [5.41, 5.74) is 0.575. The summed E-state index contributed by atoms with van der Waals surface area (Å²) in [6, 6.07) is 5.83. The topological polar surface area (TPSA) is 90.1 Å². The summed E-state index contributed by atoms with van der Waals surface area (Å²) < 4.78 is 29.9. The molecular weight excluding hydrogens is 425 g/mol. The third kappa shape index (κ3) is 3.97. The van der Waals surface area contributed by atoms with Crippen LogP contribution in [-0.2, 0) is 23.6 Å². The van der Waals surface area contributed by atoms with E-state index in [1.807, 2.05) is 0 Å². The molecule has 0 fully saturated rings. The summed E-state index contributed by atoms with van der Waals surface area (Å²) in [6.45, 7) is 2.27. The molecule has 0 unspecified atom stereocenters. The van der Waals surface area contributed by atoms with Crippen LogP contribution in [0.4, 0.5) is 0 Å². The minimum absolute atomic E-state index is 0.0519. The lowest BCUT2D eigenvalue weighted by atomic mass is 10.3. The molecule has 0 aliphatic carbocycles. The standard InChI is InChI=1S/C17H17Cl2N5O3S/c1-3-23(11-12-8-20-22(2)10-12)28(26,27)14-6-4-13(5-7-14)24-17(25)16(19)15(18)9-21-24/h4-10H,3,11H2,1-2H3. The van der Waals surface area contributed by atoms with Gasteiger partial charge in [-0.25, -0.2) is 8.42 Å². The largest absolute Gasteiger partial charge is 0.291 e. The highest BCUT2D eigenvalue weighted by molar-refractivity contribution is 7.89. The number of sulfonamides is 1. The van der Waals surface area contributed by atoms with Crippen LogP contribution in [-0.4, -0.2) is 38.8 Å². The molecule has 0 radical (unpaired) electrons. The first-order chi connectivity index (χ1) is 13.2. The lowest BCUT2D eigenvalue weighted by molar-refractivity contribution is 0.423. The molecule has 0 saturated heterocycles. The van der Waals surface area contributed by atoms with E-state index in [1.165, 1.54) is 34.8 Å². The van der Waals surface area contributed by atoms with Gasteiger partial charge in [0, 0.05) is 31.9 Å². The molecule has 0 aliphatic rings. The maximum atomic E-state index is 13.0. The first kappa shape index (κ1) is 20.5. The Morgan fingerprint density at radius 1 is 1.11 bits per heavy atom. The Hall–Kier alpha value is -2.20. The van der Waals surface area contributed by atoms with Crippen LogP contribution in [0.15, 0.2) is 52.5 Å². The molecule has 28 heavy (non-hydrogen) atoms. The molecule has 0 N–H and O–H groups in total. The van der Waals surface area contributed by atoms with Crippen LogP contribution in [0.3, 0.4) is 0 Å². The highest BCUT2D eigenvalue weighted by atomic mass is 35.5. The molecule has 0 saturated carbocycles. The highest BCUT2D eigenvalue weighted by Crippen LogP contribution is 2.20. The minimum atomic E-state index is -3.72. The van der Waals surface area contributed by atoms with Gasteiger partial charge in [0.25, 0.3) is 5.56 Å². The summed E-state index contributed by atoms with van der Waals surface area (Å²) in [4.78, 5) is 12.3. The van der Waals surface area contributed by atoms with Crippen LogP contribution in [0.5, 0.6) is 0 Å². The molecule has 2 heterocycles. The Bertz CT molecular complexity index is 1160. The fraction of sp³-hybridized carbons (Fsp3) is 0.235. The number of hydrogen-bond acceptors (Lipinski definition) is 5. The van der Waals surface area contributed by atoms with Crippen molar-refractivity contribution in [3.8, 4) is 5.69 Å². The van der Waals surface area contributed by atoms with Crippen molar-refractivity contribution in [3.05, 3.63) is 68.8 Å². The van der Waals surface area contributed by atoms with Crippen LogP contribution in [0, 0.1) is 0 Å². The monoisotopic (exact) mass is 441 g/mol. The Morgan fingerprint density at radius 3 is 2.36 bits per heavy atom. The van der Waals surface area contributed by atoms with Crippen LogP contribution in [0.2, 0.25) is 10.0 Å². The van der Waals surface area contributed by atoms with Crippen molar-refractivity contribution < 1.29 is 8.42 Å². The van der Waals surface area contributed by atoms with E-state index in [0.29, 0.717) is 12.2 Å². The predicted molar refractivity (Wildman–Crippen MR) is 106 cm³/mol. The summed E-state index contributed by atoms with van der Waals surface area (Å²) in [6.07, 6.45) is 4.65. The zero-order chi connectivity index (χ0) is 20.5. The average molecular weight is 442 g/mol. The molecule has 3 rings (SSSR count). The predicted octanol–water partition coefficient (Wildman–Crippen LogP) is 2.48. The molecule has 0 amide bonds. The number of aryl methyl sites for hydroxylation is 1. The van der Waals surface area contributed by atoms with E-state index in [4.69, 9.17) is 23.2 Å². The zero-order valence-electron chi connectivity index (χ0n) is 15.1. The van der Waals surface area contributed by atoms with E-state index in [2.05, 4.69) is 10.2 Å². The maximum Gasteiger partial charge on any atom is 0.291 e. The van der Waals surface area contributed by atoms with Gasteiger partial charge in [0.1, 0.15) is 5.02 Å². The molecular formula is C17H17Cl2N5O3S. The number of halogens is 2. The average Bonchev–Trinajstić information content (AvgIpc) is 3.09. The third-order valence-corrected chi connectivity index (χ3v) is 6.75. The third-order valence-electron chi connectivity index (χ3n) is 4.07. The van der Waals surface area contributed by atoms with E-state index < -0.39 is 15.6 Å². The van der Waals surface area contributed by atoms with E-state index in [1.54, 1.807) is 31.0 Å². The Morgan fingerprint density at radius 2 is 1.79 bits per heavy atom. The van der Waals surface area contributed by atoms with Crippen molar-refractivity contribution in [1.29, 1.82) is 0 Å². The molecule has 1 aromatic carbocycles. The smallest absolute Gasteiger partial charge is 0.275 e. The molecule has 2 aromatic heterocycles. The van der Waals surface area contributed by atoms with Crippen molar-refractivity contribution in [3.63, 3.8) is 0 Å². The second-order valence-electron chi connectivity index (χ2n) is 5.97. The second-order valence-corrected chi connectivity index (χ2v) is 8.69. The molecule has 0 aliphatic heterocycles. The van der Waals surface area contributed by atoms with Crippen molar-refractivity contribution in [2.24, 2.45) is 7.05 Å². The first-order valence-electron chi connectivity index (χ1n) is 8.25. The number of hydrogen-bond donors (Lipinski definition) is 0. The molecule has 0 bridgehead atoms. The molecule has 8 nitrogen and oxygen atoms in total. The summed E-state index contributed by atoms with van der Waals surface area (Å²) in [5.74, 6) is 0. The van der Waals surface area contributed by atoms with Gasteiger partial charge in [0.2, 0.25) is 10.0 Å². The number of aromatic nitrogens is 4. The number of nitrogens with zero attached hydrogens (tertiary/aromatic N) is 5. The fourth-order valence-corrected chi connectivity index (χ4v) is 4.32. The van der Waals surface area contributed by atoms with Crippen LogP contribution in [0.25, 0.3) is 5.69 Å². The summed E-state index contributed by atoms with van der Waals surface area (Å²) >= 11 is 11.6. The normalized spacial score (nSPS) is 11.9. The maximum absolute atomic E-state index is 13.0. The Kier molecular flexibility index (Phi) is 5.90. The lowest BCUT2D eigenvalue weighted by Crippen LogP contribution is -2.30. The SMILES string of the molecule is CCN(Cc1cnn(C)c1)S(=O)(=O)c1ccc(-n2ncc(Cl)c(Cl)c2=O)cc1. The van der Waals surface area contributed by atoms with Crippen LogP contribution < -0.4 is 5.56 Å². The fourth-order valence-electron chi connectivity index (χ4n) is 2.63. The summed E-state index contributed by atoms with van der Waals surface area (Å²) in [7, 11) is -1.95. The van der Waals surface area contributed by atoms with Crippen LogP contribution >= 0.6 is 23.2 Å². The van der Waals surface area contributed by atoms with Gasteiger partial charge in [-0.2, -0.15) is 19.2 Å². The van der Waals surface area contributed by atoms with Gasteiger partial charge in [0.05, 0.1) is 28.0 Å². The molecule has 0 spiro atoms. The number of benzene rings is 1. The van der Waals surface area contributed by atoms with Gasteiger partial charge in [0.15, 0.2) is 0 Å².